The number of hydrogen-bond acceptors (Lipinski definition) is 2. The van der Waals surface area contributed by atoms with Crippen molar-refractivity contribution in [3.05, 3.63) is 146 Å². The van der Waals surface area contributed by atoms with E-state index in [1.54, 1.807) is 0 Å². The van der Waals surface area contributed by atoms with Crippen LogP contribution in [0.2, 0.25) is 0 Å². The van der Waals surface area contributed by atoms with E-state index in [-0.39, 0.29) is 0 Å². The summed E-state index contributed by atoms with van der Waals surface area (Å²) < 4.78 is 4.99. The Balaban J connectivity index is 1.10. The van der Waals surface area contributed by atoms with E-state index in [0.717, 1.165) is 16.9 Å². The highest BCUT2D eigenvalue weighted by Crippen LogP contribution is 2.40. The number of aromatic nitrogens is 2. The van der Waals surface area contributed by atoms with Crippen LogP contribution in [0.15, 0.2) is 146 Å². The van der Waals surface area contributed by atoms with Gasteiger partial charge in [0.05, 0.1) is 17.4 Å². The van der Waals surface area contributed by atoms with E-state index in [1.807, 2.05) is 17.5 Å². The van der Waals surface area contributed by atoms with Gasteiger partial charge in [0.1, 0.15) is 5.65 Å². The maximum atomic E-state index is 4.89. The lowest BCUT2D eigenvalue weighted by molar-refractivity contribution is 1.27. The molecule has 3 heterocycles. The van der Waals surface area contributed by atoms with Crippen LogP contribution >= 0.6 is 11.3 Å². The summed E-state index contributed by atoms with van der Waals surface area (Å²) in [7, 11) is 0. The molecule has 0 N–H and O–H groups in total. The minimum Gasteiger partial charge on any atom is -0.292 e. The van der Waals surface area contributed by atoms with Gasteiger partial charge >= 0.3 is 0 Å². The number of thiophene rings is 1. The first-order valence-corrected chi connectivity index (χ1v) is 15.0. The second-order valence-electron chi connectivity index (χ2n) is 10.8. The molecular formula is C39H24N2S. The highest BCUT2D eigenvalue weighted by Gasteiger charge is 2.14. The molecule has 0 amide bonds. The molecule has 0 aliphatic rings. The normalized spacial score (nSPS) is 11.8. The summed E-state index contributed by atoms with van der Waals surface area (Å²) in [4.78, 5) is 4.89. The van der Waals surface area contributed by atoms with Gasteiger partial charge in [-0.05, 0) is 39.8 Å². The topological polar surface area (TPSA) is 17.3 Å². The smallest absolute Gasteiger partial charge is 0.145 e. The molecular weight excluding hydrogens is 529 g/mol. The number of para-hydroxylation sites is 1. The molecule has 9 rings (SSSR count). The van der Waals surface area contributed by atoms with Crippen LogP contribution in [0.1, 0.15) is 0 Å². The van der Waals surface area contributed by atoms with Crippen LogP contribution in [0, 0.1) is 0 Å². The quantitative estimate of drug-likeness (QED) is 0.199. The maximum Gasteiger partial charge on any atom is 0.145 e. The lowest BCUT2D eigenvalue weighted by atomic mass is 9.98. The Bertz CT molecular complexity index is 2450. The van der Waals surface area contributed by atoms with Crippen molar-refractivity contribution < 1.29 is 0 Å². The second kappa shape index (κ2) is 9.13. The van der Waals surface area contributed by atoms with Crippen LogP contribution in [0.25, 0.3) is 81.0 Å². The number of pyridine rings is 1. The summed E-state index contributed by atoms with van der Waals surface area (Å²) in [6.45, 7) is 0. The molecule has 0 radical (unpaired) electrons. The Morgan fingerprint density at radius 3 is 1.83 bits per heavy atom. The van der Waals surface area contributed by atoms with Crippen molar-refractivity contribution in [2.75, 3.05) is 0 Å². The van der Waals surface area contributed by atoms with E-state index in [4.69, 9.17) is 4.98 Å². The van der Waals surface area contributed by atoms with Gasteiger partial charge in [-0.1, -0.05) is 127 Å². The number of fused-ring (bicyclic) bond motifs is 9. The Hall–Kier alpha value is -5.25. The van der Waals surface area contributed by atoms with Crippen LogP contribution < -0.4 is 0 Å². The number of benzene rings is 6. The molecule has 0 aliphatic heterocycles. The van der Waals surface area contributed by atoms with Gasteiger partial charge in [-0.15, -0.1) is 11.3 Å². The minimum absolute atomic E-state index is 0.993. The van der Waals surface area contributed by atoms with Crippen molar-refractivity contribution in [3.8, 4) is 33.5 Å². The molecule has 196 valence electrons. The molecule has 42 heavy (non-hydrogen) atoms. The van der Waals surface area contributed by atoms with E-state index in [2.05, 4.69) is 144 Å². The van der Waals surface area contributed by atoms with E-state index in [1.165, 1.54) is 64.1 Å². The SMILES string of the molecule is c1ccc2c(c1)sc1c(-c3ccc(-c4ccc(-c5cnc6c7ccccc7c7ccccc7n56)cc4)cc3)cccc12. The number of imidazole rings is 1. The molecule has 0 fully saturated rings. The minimum atomic E-state index is 0.993. The van der Waals surface area contributed by atoms with Crippen molar-refractivity contribution >= 4 is 58.8 Å². The Labute approximate surface area is 246 Å². The van der Waals surface area contributed by atoms with E-state index in [9.17, 15) is 0 Å². The summed E-state index contributed by atoms with van der Waals surface area (Å²) in [6, 6.07) is 50.4. The van der Waals surface area contributed by atoms with Crippen LogP contribution in [-0.4, -0.2) is 9.38 Å². The van der Waals surface area contributed by atoms with Gasteiger partial charge in [-0.3, -0.25) is 4.40 Å². The monoisotopic (exact) mass is 552 g/mol. The summed E-state index contributed by atoms with van der Waals surface area (Å²) in [6.07, 6.45) is 2.01. The van der Waals surface area contributed by atoms with Gasteiger partial charge in [-0.25, -0.2) is 4.98 Å². The lowest BCUT2D eigenvalue weighted by Gasteiger charge is -2.11. The molecule has 0 aliphatic carbocycles. The third-order valence-electron chi connectivity index (χ3n) is 8.48. The average molecular weight is 553 g/mol. The standard InChI is InChI=1S/C39H24N2S/c1-2-11-34-30(8-1)31-9-3-5-14-35(31)41-36(24-40-39(34)41)28-22-18-26(19-23-28)25-16-20-27(21-17-25)29-12-7-13-33-32-10-4-6-15-37(32)42-38(29)33/h1-24H. The molecule has 0 unspecified atom stereocenters. The van der Waals surface area contributed by atoms with Crippen molar-refractivity contribution in [2.45, 2.75) is 0 Å². The van der Waals surface area contributed by atoms with Gasteiger partial charge in [0.25, 0.3) is 0 Å². The number of nitrogens with zero attached hydrogens (tertiary/aromatic N) is 2. The van der Waals surface area contributed by atoms with Gasteiger partial charge in [0, 0.05) is 36.5 Å². The Morgan fingerprint density at radius 2 is 1.05 bits per heavy atom. The summed E-state index contributed by atoms with van der Waals surface area (Å²) in [5.41, 5.74) is 9.38. The van der Waals surface area contributed by atoms with Crippen molar-refractivity contribution in [2.24, 2.45) is 0 Å². The van der Waals surface area contributed by atoms with Crippen LogP contribution in [0.5, 0.6) is 0 Å². The molecule has 3 aromatic heterocycles. The summed E-state index contributed by atoms with van der Waals surface area (Å²) in [5, 5.41) is 6.32. The largest absolute Gasteiger partial charge is 0.292 e. The number of hydrogen-bond donors (Lipinski definition) is 0. The van der Waals surface area contributed by atoms with E-state index in [0.29, 0.717) is 0 Å². The van der Waals surface area contributed by atoms with Crippen LogP contribution in [0.3, 0.4) is 0 Å². The molecule has 0 bridgehead atoms. The molecule has 9 aromatic rings. The fraction of sp³-hybridized carbons (Fsp3) is 0. The zero-order valence-corrected chi connectivity index (χ0v) is 23.5. The Morgan fingerprint density at radius 1 is 0.452 bits per heavy atom. The fourth-order valence-corrected chi connectivity index (χ4v) is 7.69. The molecule has 0 saturated heterocycles. The highest BCUT2D eigenvalue weighted by atomic mass is 32.1. The van der Waals surface area contributed by atoms with Crippen molar-refractivity contribution in [1.29, 1.82) is 0 Å². The van der Waals surface area contributed by atoms with Gasteiger partial charge in [0.2, 0.25) is 0 Å². The van der Waals surface area contributed by atoms with Crippen LogP contribution in [0.4, 0.5) is 0 Å². The first-order valence-electron chi connectivity index (χ1n) is 14.2. The van der Waals surface area contributed by atoms with Crippen molar-refractivity contribution in [1.82, 2.24) is 9.38 Å². The molecule has 0 spiro atoms. The first-order chi connectivity index (χ1) is 20.8. The zero-order chi connectivity index (χ0) is 27.6. The summed E-state index contributed by atoms with van der Waals surface area (Å²) >= 11 is 1.88. The van der Waals surface area contributed by atoms with E-state index >= 15 is 0 Å². The lowest BCUT2D eigenvalue weighted by Crippen LogP contribution is -1.93. The molecule has 0 atom stereocenters. The predicted octanol–water partition coefficient (Wildman–Crippen LogP) is 11.0. The first kappa shape index (κ1) is 23.5. The Kier molecular flexibility index (Phi) is 5.10. The molecule has 0 saturated carbocycles. The zero-order valence-electron chi connectivity index (χ0n) is 22.7. The fourth-order valence-electron chi connectivity index (χ4n) is 6.45. The summed E-state index contributed by atoms with van der Waals surface area (Å²) in [5.74, 6) is 0. The third-order valence-corrected chi connectivity index (χ3v) is 9.70. The molecule has 3 heteroatoms. The highest BCUT2D eigenvalue weighted by molar-refractivity contribution is 7.26. The number of rotatable bonds is 3. The maximum absolute atomic E-state index is 4.89. The predicted molar refractivity (Wildman–Crippen MR) is 179 cm³/mol. The van der Waals surface area contributed by atoms with Crippen LogP contribution in [-0.2, 0) is 0 Å². The van der Waals surface area contributed by atoms with E-state index < -0.39 is 0 Å². The van der Waals surface area contributed by atoms with Gasteiger partial charge < -0.3 is 0 Å². The van der Waals surface area contributed by atoms with Crippen molar-refractivity contribution in [3.63, 3.8) is 0 Å². The van der Waals surface area contributed by atoms with Gasteiger partial charge in [-0.2, -0.15) is 0 Å². The molecule has 6 aromatic carbocycles. The third kappa shape index (κ3) is 3.47. The average Bonchev–Trinajstić information content (AvgIpc) is 3.68. The van der Waals surface area contributed by atoms with Gasteiger partial charge in [0.15, 0.2) is 0 Å². The molecule has 2 nitrogen and oxygen atoms in total. The second-order valence-corrected chi connectivity index (χ2v) is 11.9.